The maximum absolute atomic E-state index is 12.5. The standard InChI is InChI=1S/C13H22N4O2/c1-4-5-16-7-10(14)6-11(16)13(19)17(9(2)3)8-12(15)18/h6-7,9H,4-5,8,14H2,1-3H3,(H2,15,18). The van der Waals surface area contributed by atoms with E-state index in [-0.39, 0.29) is 18.5 Å². The van der Waals surface area contributed by atoms with Crippen molar-refractivity contribution >= 4 is 17.5 Å². The van der Waals surface area contributed by atoms with Crippen molar-refractivity contribution in [3.63, 3.8) is 0 Å². The maximum Gasteiger partial charge on any atom is 0.271 e. The van der Waals surface area contributed by atoms with Crippen molar-refractivity contribution in [1.29, 1.82) is 0 Å². The van der Waals surface area contributed by atoms with Crippen LogP contribution >= 0.6 is 0 Å². The van der Waals surface area contributed by atoms with Crippen LogP contribution in [0, 0.1) is 0 Å². The van der Waals surface area contributed by atoms with Gasteiger partial charge in [-0.25, -0.2) is 0 Å². The molecule has 2 amide bonds. The first-order valence-corrected chi connectivity index (χ1v) is 6.41. The first-order chi connectivity index (χ1) is 8.86. The number of anilines is 1. The molecule has 1 heterocycles. The topological polar surface area (TPSA) is 94.3 Å². The van der Waals surface area contributed by atoms with Crippen molar-refractivity contribution in [2.75, 3.05) is 12.3 Å². The summed E-state index contributed by atoms with van der Waals surface area (Å²) < 4.78 is 1.81. The van der Waals surface area contributed by atoms with Gasteiger partial charge in [-0.15, -0.1) is 0 Å². The van der Waals surface area contributed by atoms with Crippen LogP contribution in [0.4, 0.5) is 5.69 Å². The molecular weight excluding hydrogens is 244 g/mol. The number of carbonyl (C=O) groups excluding carboxylic acids is 2. The van der Waals surface area contributed by atoms with Gasteiger partial charge in [-0.2, -0.15) is 0 Å². The van der Waals surface area contributed by atoms with Gasteiger partial charge in [0.25, 0.3) is 5.91 Å². The Morgan fingerprint density at radius 3 is 2.53 bits per heavy atom. The summed E-state index contributed by atoms with van der Waals surface area (Å²) in [6.07, 6.45) is 2.63. The lowest BCUT2D eigenvalue weighted by Crippen LogP contribution is -2.43. The van der Waals surface area contributed by atoms with Crippen molar-refractivity contribution in [3.8, 4) is 0 Å². The van der Waals surface area contributed by atoms with Gasteiger partial charge < -0.3 is 20.9 Å². The van der Waals surface area contributed by atoms with Crippen LogP contribution < -0.4 is 11.5 Å². The smallest absolute Gasteiger partial charge is 0.271 e. The van der Waals surface area contributed by atoms with E-state index in [9.17, 15) is 9.59 Å². The number of nitrogen functional groups attached to an aromatic ring is 1. The molecule has 6 nitrogen and oxygen atoms in total. The molecule has 6 heteroatoms. The van der Waals surface area contributed by atoms with E-state index >= 15 is 0 Å². The molecule has 0 fully saturated rings. The minimum absolute atomic E-state index is 0.0896. The van der Waals surface area contributed by atoms with Gasteiger partial charge in [0.1, 0.15) is 5.69 Å². The van der Waals surface area contributed by atoms with Gasteiger partial charge in [0, 0.05) is 18.8 Å². The molecule has 0 aliphatic rings. The van der Waals surface area contributed by atoms with Gasteiger partial charge in [0.15, 0.2) is 0 Å². The number of nitrogens with zero attached hydrogens (tertiary/aromatic N) is 2. The Bertz CT molecular complexity index is 465. The normalized spacial score (nSPS) is 10.7. The maximum atomic E-state index is 12.5. The molecule has 0 saturated carbocycles. The van der Waals surface area contributed by atoms with Gasteiger partial charge in [-0.1, -0.05) is 6.92 Å². The second-order valence-electron chi connectivity index (χ2n) is 4.85. The summed E-state index contributed by atoms with van der Waals surface area (Å²) in [7, 11) is 0. The van der Waals surface area contributed by atoms with Gasteiger partial charge >= 0.3 is 0 Å². The van der Waals surface area contributed by atoms with Gasteiger partial charge in [-0.05, 0) is 26.3 Å². The Morgan fingerprint density at radius 2 is 2.05 bits per heavy atom. The third kappa shape index (κ3) is 3.74. The van der Waals surface area contributed by atoms with E-state index in [1.165, 1.54) is 4.90 Å². The number of rotatable bonds is 6. The van der Waals surface area contributed by atoms with Crippen LogP contribution in [-0.4, -0.2) is 33.9 Å². The third-order valence-electron chi connectivity index (χ3n) is 2.81. The quantitative estimate of drug-likeness (QED) is 0.798. The second-order valence-corrected chi connectivity index (χ2v) is 4.85. The van der Waals surface area contributed by atoms with Crippen molar-refractivity contribution < 1.29 is 9.59 Å². The molecule has 1 rings (SSSR count). The van der Waals surface area contributed by atoms with E-state index in [1.54, 1.807) is 12.3 Å². The van der Waals surface area contributed by atoms with E-state index < -0.39 is 5.91 Å². The number of aromatic nitrogens is 1. The summed E-state index contributed by atoms with van der Waals surface area (Å²) in [5.74, 6) is -0.748. The zero-order valence-corrected chi connectivity index (χ0v) is 11.7. The van der Waals surface area contributed by atoms with E-state index in [2.05, 4.69) is 0 Å². The Balaban J connectivity index is 3.05. The molecule has 1 aromatic rings. The molecule has 0 unspecified atom stereocenters. The highest BCUT2D eigenvalue weighted by atomic mass is 16.2. The molecule has 19 heavy (non-hydrogen) atoms. The molecule has 0 aromatic carbocycles. The number of aryl methyl sites for hydroxylation is 1. The second kappa shape index (κ2) is 6.26. The van der Waals surface area contributed by atoms with Gasteiger partial charge in [-0.3, -0.25) is 9.59 Å². The molecule has 1 aromatic heterocycles. The predicted octanol–water partition coefficient (Wildman–Crippen LogP) is 0.816. The number of nitrogens with two attached hydrogens (primary N) is 2. The fraction of sp³-hybridized carbons (Fsp3) is 0.538. The molecule has 0 spiro atoms. The Hall–Kier alpha value is -1.98. The van der Waals surface area contributed by atoms with E-state index in [0.717, 1.165) is 6.42 Å². The minimum Gasteiger partial charge on any atom is -0.397 e. The molecule has 106 valence electrons. The van der Waals surface area contributed by atoms with Crippen molar-refractivity contribution in [2.24, 2.45) is 5.73 Å². The fourth-order valence-corrected chi connectivity index (χ4v) is 1.94. The first kappa shape index (κ1) is 15.1. The van der Waals surface area contributed by atoms with Crippen LogP contribution in [-0.2, 0) is 11.3 Å². The van der Waals surface area contributed by atoms with Crippen LogP contribution in [0.15, 0.2) is 12.3 Å². The number of carbonyl (C=O) groups is 2. The van der Waals surface area contributed by atoms with E-state index in [0.29, 0.717) is 17.9 Å². The highest BCUT2D eigenvalue weighted by Gasteiger charge is 2.23. The molecule has 0 bridgehead atoms. The number of hydrogen-bond acceptors (Lipinski definition) is 3. The van der Waals surface area contributed by atoms with Crippen molar-refractivity contribution in [3.05, 3.63) is 18.0 Å². The highest BCUT2D eigenvalue weighted by molar-refractivity contribution is 5.96. The number of hydrogen-bond donors (Lipinski definition) is 2. The highest BCUT2D eigenvalue weighted by Crippen LogP contribution is 2.15. The van der Waals surface area contributed by atoms with Crippen LogP contribution in [0.3, 0.4) is 0 Å². The molecule has 0 aliphatic carbocycles. The molecule has 0 aliphatic heterocycles. The molecule has 4 N–H and O–H groups in total. The Labute approximate surface area is 113 Å². The molecule has 0 atom stereocenters. The third-order valence-corrected chi connectivity index (χ3v) is 2.81. The Kier molecular flexibility index (Phi) is 4.97. The molecule has 0 radical (unpaired) electrons. The molecule has 0 saturated heterocycles. The first-order valence-electron chi connectivity index (χ1n) is 6.41. The fourth-order valence-electron chi connectivity index (χ4n) is 1.94. The molecular formula is C13H22N4O2. The monoisotopic (exact) mass is 266 g/mol. The Morgan fingerprint density at radius 1 is 1.42 bits per heavy atom. The van der Waals surface area contributed by atoms with Gasteiger partial charge in [0.2, 0.25) is 5.91 Å². The predicted molar refractivity (Wildman–Crippen MR) is 74.5 cm³/mol. The van der Waals surface area contributed by atoms with Crippen molar-refractivity contribution in [1.82, 2.24) is 9.47 Å². The van der Waals surface area contributed by atoms with Crippen LogP contribution in [0.25, 0.3) is 0 Å². The van der Waals surface area contributed by atoms with Crippen LogP contribution in [0.5, 0.6) is 0 Å². The van der Waals surface area contributed by atoms with Crippen molar-refractivity contribution in [2.45, 2.75) is 39.8 Å². The number of amides is 2. The van der Waals surface area contributed by atoms with Gasteiger partial charge in [0.05, 0.1) is 12.2 Å². The summed E-state index contributed by atoms with van der Waals surface area (Å²) in [6.45, 7) is 6.33. The summed E-state index contributed by atoms with van der Waals surface area (Å²) in [6, 6.07) is 1.53. The lowest BCUT2D eigenvalue weighted by atomic mass is 10.2. The minimum atomic E-state index is -0.524. The van der Waals surface area contributed by atoms with E-state index in [4.69, 9.17) is 11.5 Å². The summed E-state index contributed by atoms with van der Waals surface area (Å²) in [5.41, 5.74) is 12.0. The number of primary amides is 1. The van der Waals surface area contributed by atoms with Crippen LogP contribution in [0.2, 0.25) is 0 Å². The lowest BCUT2D eigenvalue weighted by Gasteiger charge is -2.25. The summed E-state index contributed by atoms with van der Waals surface area (Å²) >= 11 is 0. The SMILES string of the molecule is CCCn1cc(N)cc1C(=O)N(CC(N)=O)C(C)C. The van der Waals surface area contributed by atoms with E-state index in [1.807, 2.05) is 25.3 Å². The average molecular weight is 266 g/mol. The summed E-state index contributed by atoms with van der Waals surface area (Å²) in [5, 5.41) is 0. The lowest BCUT2D eigenvalue weighted by molar-refractivity contribution is -0.119. The summed E-state index contributed by atoms with van der Waals surface area (Å²) in [4.78, 5) is 25.0. The zero-order chi connectivity index (χ0) is 14.6. The largest absolute Gasteiger partial charge is 0.397 e. The average Bonchev–Trinajstić information content (AvgIpc) is 2.66. The zero-order valence-electron chi connectivity index (χ0n) is 11.7. The van der Waals surface area contributed by atoms with Crippen LogP contribution in [0.1, 0.15) is 37.7 Å².